The summed E-state index contributed by atoms with van der Waals surface area (Å²) in [6.07, 6.45) is -1.29. The van der Waals surface area contributed by atoms with E-state index in [1.54, 1.807) is 24.3 Å². The number of carbonyl (C=O) groups is 5. The molecular formula is C22H21ClN4O7. The van der Waals surface area contributed by atoms with Crippen LogP contribution in [-0.2, 0) is 14.4 Å². The van der Waals surface area contributed by atoms with Gasteiger partial charge in [-0.25, -0.2) is 4.79 Å². The normalized spacial score (nSPS) is 17.9. The van der Waals surface area contributed by atoms with E-state index >= 15 is 0 Å². The fraction of sp³-hybridized carbons (Fsp3) is 0.227. The van der Waals surface area contributed by atoms with Crippen LogP contribution in [0.4, 0.5) is 10.5 Å². The molecule has 0 spiro atoms. The first-order valence-electron chi connectivity index (χ1n) is 9.93. The number of nitrogens with one attached hydrogen (secondary N) is 1. The standard InChI is InChI=1S/C22H21ClN4O7/c1-11(28)33-14-8-13(9-15(10-14)34-12(2)29)20(30)25-18-19(24)27(22(32)26(3)21(18)31)17-7-5-4-6-16(17)23/h4-10,18-19H,24H2,1-3H3,(H,25,30). The van der Waals surface area contributed by atoms with Crippen molar-refractivity contribution in [2.75, 3.05) is 11.9 Å². The second-order valence-corrected chi connectivity index (χ2v) is 7.73. The van der Waals surface area contributed by atoms with Gasteiger partial charge in [0.25, 0.3) is 11.8 Å². The Labute approximate surface area is 199 Å². The molecule has 2 atom stereocenters. The van der Waals surface area contributed by atoms with E-state index in [2.05, 4.69) is 5.32 Å². The molecule has 1 saturated heterocycles. The van der Waals surface area contributed by atoms with E-state index in [0.29, 0.717) is 0 Å². The van der Waals surface area contributed by atoms with Gasteiger partial charge in [-0.05, 0) is 24.3 Å². The van der Waals surface area contributed by atoms with Gasteiger partial charge in [0.2, 0.25) is 0 Å². The minimum absolute atomic E-state index is 0.0549. The number of likely N-dealkylation sites (N-methyl/N-ethyl adjacent to an activating group) is 1. The molecule has 1 fully saturated rings. The summed E-state index contributed by atoms with van der Waals surface area (Å²) in [5, 5.41) is 2.71. The van der Waals surface area contributed by atoms with E-state index in [9.17, 15) is 24.0 Å². The second kappa shape index (κ2) is 9.89. The number of imide groups is 1. The number of urea groups is 1. The van der Waals surface area contributed by atoms with Crippen LogP contribution in [0.15, 0.2) is 42.5 Å². The number of carbonyl (C=O) groups excluding carboxylic acids is 5. The Morgan fingerprint density at radius 3 is 2.09 bits per heavy atom. The number of anilines is 1. The summed E-state index contributed by atoms with van der Waals surface area (Å²) in [5.74, 6) is -2.97. The summed E-state index contributed by atoms with van der Waals surface area (Å²) in [6, 6.07) is 8.05. The number of esters is 2. The maximum Gasteiger partial charge on any atom is 0.332 e. The van der Waals surface area contributed by atoms with Crippen LogP contribution in [0.5, 0.6) is 11.5 Å². The molecule has 0 radical (unpaired) electrons. The Kier molecular flexibility index (Phi) is 7.18. The number of hydrogen-bond donors (Lipinski definition) is 2. The van der Waals surface area contributed by atoms with Crippen molar-refractivity contribution in [1.29, 1.82) is 0 Å². The molecule has 178 valence electrons. The molecule has 3 N–H and O–H groups in total. The number of amides is 4. The first kappa shape index (κ1) is 24.7. The van der Waals surface area contributed by atoms with E-state index in [-0.39, 0.29) is 27.8 Å². The molecule has 0 aromatic heterocycles. The summed E-state index contributed by atoms with van der Waals surface area (Å²) in [6.45, 7) is 2.32. The Hall–Kier alpha value is -3.96. The smallest absolute Gasteiger partial charge is 0.332 e. The molecule has 1 heterocycles. The number of para-hydroxylation sites is 1. The Balaban J connectivity index is 1.94. The highest BCUT2D eigenvalue weighted by Crippen LogP contribution is 2.30. The molecule has 0 saturated carbocycles. The first-order chi connectivity index (χ1) is 16.0. The van der Waals surface area contributed by atoms with Crippen LogP contribution in [0.1, 0.15) is 24.2 Å². The molecule has 0 aliphatic carbocycles. The van der Waals surface area contributed by atoms with Gasteiger partial charge >= 0.3 is 18.0 Å². The summed E-state index contributed by atoms with van der Waals surface area (Å²) in [5.41, 5.74) is 6.40. The lowest BCUT2D eigenvalue weighted by atomic mass is 10.1. The van der Waals surface area contributed by atoms with Crippen molar-refractivity contribution in [2.24, 2.45) is 5.73 Å². The monoisotopic (exact) mass is 488 g/mol. The second-order valence-electron chi connectivity index (χ2n) is 7.32. The third kappa shape index (κ3) is 5.16. The van der Waals surface area contributed by atoms with Crippen LogP contribution >= 0.6 is 11.6 Å². The third-order valence-electron chi connectivity index (χ3n) is 4.79. The lowest BCUT2D eigenvalue weighted by Crippen LogP contribution is -2.71. The third-order valence-corrected chi connectivity index (χ3v) is 5.11. The molecular weight excluding hydrogens is 468 g/mol. The average molecular weight is 489 g/mol. The number of rotatable bonds is 5. The summed E-state index contributed by atoms with van der Waals surface area (Å²) in [7, 11) is 1.25. The van der Waals surface area contributed by atoms with Crippen LogP contribution < -0.4 is 25.4 Å². The minimum Gasteiger partial charge on any atom is -0.427 e. The van der Waals surface area contributed by atoms with Crippen molar-refractivity contribution in [1.82, 2.24) is 10.2 Å². The van der Waals surface area contributed by atoms with Crippen LogP contribution in [0.25, 0.3) is 0 Å². The van der Waals surface area contributed by atoms with Crippen LogP contribution in [0.2, 0.25) is 5.02 Å². The maximum absolute atomic E-state index is 13.0. The predicted octanol–water partition coefficient (Wildman–Crippen LogP) is 1.67. The average Bonchev–Trinajstić information content (AvgIpc) is 2.75. The van der Waals surface area contributed by atoms with Crippen molar-refractivity contribution in [3.8, 4) is 11.5 Å². The van der Waals surface area contributed by atoms with Gasteiger partial charge in [0.1, 0.15) is 23.7 Å². The Morgan fingerprint density at radius 1 is 1.00 bits per heavy atom. The number of halogens is 1. The van der Waals surface area contributed by atoms with E-state index in [4.69, 9.17) is 26.8 Å². The highest BCUT2D eigenvalue weighted by Gasteiger charge is 2.45. The molecule has 1 aliphatic heterocycles. The molecule has 34 heavy (non-hydrogen) atoms. The molecule has 1 aliphatic rings. The molecule has 2 aromatic rings. The zero-order valence-corrected chi connectivity index (χ0v) is 19.2. The molecule has 12 heteroatoms. The maximum atomic E-state index is 13.0. The van der Waals surface area contributed by atoms with E-state index in [1.807, 2.05) is 0 Å². The Bertz CT molecular complexity index is 1150. The van der Waals surface area contributed by atoms with Gasteiger partial charge in [0.15, 0.2) is 0 Å². The fourth-order valence-corrected chi connectivity index (χ4v) is 3.55. The lowest BCUT2D eigenvalue weighted by molar-refractivity contribution is -0.132. The summed E-state index contributed by atoms with van der Waals surface area (Å²) < 4.78 is 10.0. The molecule has 11 nitrogen and oxygen atoms in total. The molecule has 2 aromatic carbocycles. The van der Waals surface area contributed by atoms with Crippen molar-refractivity contribution in [2.45, 2.75) is 26.1 Å². The van der Waals surface area contributed by atoms with Crippen molar-refractivity contribution in [3.63, 3.8) is 0 Å². The summed E-state index contributed by atoms with van der Waals surface area (Å²) in [4.78, 5) is 63.2. The molecule has 4 amide bonds. The number of nitrogens with two attached hydrogens (primary N) is 1. The zero-order chi connectivity index (χ0) is 25.2. The number of hydrogen-bond acceptors (Lipinski definition) is 8. The van der Waals surface area contributed by atoms with Crippen LogP contribution in [0.3, 0.4) is 0 Å². The van der Waals surface area contributed by atoms with Gasteiger partial charge in [0, 0.05) is 32.5 Å². The molecule has 3 rings (SSSR count). The number of nitrogens with zero attached hydrogens (tertiary/aromatic N) is 2. The lowest BCUT2D eigenvalue weighted by Gasteiger charge is -2.42. The van der Waals surface area contributed by atoms with Crippen LogP contribution in [0, 0.1) is 0 Å². The summed E-state index contributed by atoms with van der Waals surface area (Å²) >= 11 is 6.22. The minimum atomic E-state index is -1.35. The Morgan fingerprint density at radius 2 is 1.56 bits per heavy atom. The van der Waals surface area contributed by atoms with Gasteiger partial charge < -0.3 is 20.5 Å². The zero-order valence-electron chi connectivity index (χ0n) is 18.4. The van der Waals surface area contributed by atoms with Crippen molar-refractivity contribution >= 4 is 47.1 Å². The topological polar surface area (TPSA) is 148 Å². The highest BCUT2D eigenvalue weighted by atomic mass is 35.5. The fourth-order valence-electron chi connectivity index (χ4n) is 3.32. The van der Waals surface area contributed by atoms with E-state index < -0.39 is 42.0 Å². The van der Waals surface area contributed by atoms with Gasteiger partial charge in [-0.15, -0.1) is 0 Å². The van der Waals surface area contributed by atoms with Gasteiger partial charge in [-0.2, -0.15) is 0 Å². The molecule has 0 bridgehead atoms. The SMILES string of the molecule is CC(=O)Oc1cc(OC(C)=O)cc(C(=O)NC2C(=O)N(C)C(=O)N(c3ccccc3Cl)C2N)c1. The number of ether oxygens (including phenoxy) is 2. The van der Waals surface area contributed by atoms with Gasteiger partial charge in [-0.3, -0.25) is 29.0 Å². The van der Waals surface area contributed by atoms with Crippen molar-refractivity contribution in [3.05, 3.63) is 53.1 Å². The first-order valence-corrected chi connectivity index (χ1v) is 10.3. The predicted molar refractivity (Wildman–Crippen MR) is 120 cm³/mol. The van der Waals surface area contributed by atoms with E-state index in [0.717, 1.165) is 23.6 Å². The van der Waals surface area contributed by atoms with Crippen molar-refractivity contribution < 1.29 is 33.4 Å². The van der Waals surface area contributed by atoms with Gasteiger partial charge in [0.05, 0.1) is 10.7 Å². The van der Waals surface area contributed by atoms with Crippen LogP contribution in [-0.4, -0.2) is 53.9 Å². The molecule has 2 unspecified atom stereocenters. The largest absolute Gasteiger partial charge is 0.427 e. The number of benzene rings is 2. The quantitative estimate of drug-likeness (QED) is 0.477. The highest BCUT2D eigenvalue weighted by molar-refractivity contribution is 6.34. The van der Waals surface area contributed by atoms with Gasteiger partial charge in [-0.1, -0.05) is 23.7 Å². The van der Waals surface area contributed by atoms with E-state index in [1.165, 1.54) is 25.2 Å².